The van der Waals surface area contributed by atoms with Gasteiger partial charge in [-0.2, -0.15) is 0 Å². The number of nitrogens with zero attached hydrogens (tertiary/aromatic N) is 4. The Hall–Kier alpha value is -2.32. The fraction of sp³-hybridized carbons (Fsp3) is 0.476. The van der Waals surface area contributed by atoms with E-state index in [1.54, 1.807) is 17.0 Å². The van der Waals surface area contributed by atoms with Crippen LogP contribution in [0.5, 0.6) is 0 Å². The van der Waals surface area contributed by atoms with E-state index < -0.39 is 0 Å². The lowest BCUT2D eigenvalue weighted by atomic mass is 9.74. The molecule has 3 aromatic rings. The first-order chi connectivity index (χ1) is 14.1. The molecule has 0 bridgehead atoms. The van der Waals surface area contributed by atoms with Gasteiger partial charge in [0.2, 0.25) is 5.95 Å². The number of rotatable bonds is 3. The second kappa shape index (κ2) is 7.18. The molecule has 0 aromatic carbocycles. The van der Waals surface area contributed by atoms with Crippen LogP contribution >= 0.6 is 11.8 Å². The predicted molar refractivity (Wildman–Crippen MR) is 115 cm³/mol. The Balaban J connectivity index is 1.38. The molecule has 5 rings (SSSR count). The Morgan fingerprint density at radius 2 is 2.03 bits per heavy atom. The highest BCUT2D eigenvalue weighted by atomic mass is 32.2. The SMILES string of the molecule is Cn1c(N2CCC3(CCC[C@H]3N)CC2)ncc(Sc2ccnc3[nH]ccc23)c1=O. The molecular weight excluding hydrogens is 384 g/mol. The first kappa shape index (κ1) is 18.7. The number of hydrogen-bond acceptors (Lipinski definition) is 6. The first-order valence-electron chi connectivity index (χ1n) is 10.2. The summed E-state index contributed by atoms with van der Waals surface area (Å²) in [7, 11) is 1.82. The van der Waals surface area contributed by atoms with Crippen molar-refractivity contribution in [3.63, 3.8) is 0 Å². The Kier molecular flexibility index (Phi) is 4.63. The summed E-state index contributed by atoms with van der Waals surface area (Å²) in [4.78, 5) is 29.0. The van der Waals surface area contributed by atoms with E-state index in [-0.39, 0.29) is 5.56 Å². The van der Waals surface area contributed by atoms with Gasteiger partial charge in [0.1, 0.15) is 5.65 Å². The van der Waals surface area contributed by atoms with Crippen molar-refractivity contribution in [1.29, 1.82) is 0 Å². The normalized spacial score (nSPS) is 21.3. The van der Waals surface area contributed by atoms with Crippen LogP contribution < -0.4 is 16.2 Å². The van der Waals surface area contributed by atoms with E-state index in [0.29, 0.717) is 16.4 Å². The Morgan fingerprint density at radius 1 is 1.21 bits per heavy atom. The Labute approximate surface area is 173 Å². The molecule has 1 aliphatic carbocycles. The lowest BCUT2D eigenvalue weighted by Crippen LogP contribution is -2.48. The van der Waals surface area contributed by atoms with Gasteiger partial charge in [0.25, 0.3) is 5.56 Å². The molecular formula is C21H26N6OS. The van der Waals surface area contributed by atoms with Crippen LogP contribution in [0.1, 0.15) is 32.1 Å². The van der Waals surface area contributed by atoms with E-state index in [1.165, 1.54) is 24.6 Å². The van der Waals surface area contributed by atoms with E-state index in [4.69, 9.17) is 5.73 Å². The molecule has 29 heavy (non-hydrogen) atoms. The summed E-state index contributed by atoms with van der Waals surface area (Å²) < 4.78 is 1.68. The molecule has 0 unspecified atom stereocenters. The molecule has 1 aliphatic heterocycles. The second-order valence-corrected chi connectivity index (χ2v) is 9.37. The summed E-state index contributed by atoms with van der Waals surface area (Å²) in [5.74, 6) is 0.752. The standard InChI is InChI=1S/C21H26N6OS/c1-26-19(28)16(29-15-5-10-24-18-14(15)4-9-23-18)13-25-20(26)27-11-7-21(8-12-27)6-2-3-17(21)22/h4-5,9-10,13,17H,2-3,6-8,11-12,22H2,1H3,(H,23,24)/t17-/m1/s1. The highest BCUT2D eigenvalue weighted by molar-refractivity contribution is 7.99. The van der Waals surface area contributed by atoms with Crippen molar-refractivity contribution in [2.75, 3.05) is 18.0 Å². The van der Waals surface area contributed by atoms with Crippen molar-refractivity contribution in [3.05, 3.63) is 41.1 Å². The smallest absolute Gasteiger partial charge is 0.268 e. The molecule has 152 valence electrons. The van der Waals surface area contributed by atoms with Crippen molar-refractivity contribution < 1.29 is 0 Å². The van der Waals surface area contributed by atoms with Gasteiger partial charge >= 0.3 is 0 Å². The number of aromatic amines is 1. The zero-order valence-electron chi connectivity index (χ0n) is 16.6. The average molecular weight is 411 g/mol. The number of piperidine rings is 1. The van der Waals surface area contributed by atoms with Crippen LogP contribution in [-0.4, -0.2) is 38.7 Å². The fourth-order valence-corrected chi connectivity index (χ4v) is 5.93. The third kappa shape index (κ3) is 3.14. The number of pyridine rings is 1. The second-order valence-electron chi connectivity index (χ2n) is 8.29. The van der Waals surface area contributed by atoms with E-state index in [2.05, 4.69) is 19.9 Å². The minimum atomic E-state index is -0.0154. The van der Waals surface area contributed by atoms with Crippen molar-refractivity contribution >= 4 is 28.7 Å². The zero-order chi connectivity index (χ0) is 20.0. The van der Waals surface area contributed by atoms with Gasteiger partial charge in [0, 0.05) is 48.9 Å². The molecule has 1 spiro atoms. The van der Waals surface area contributed by atoms with Gasteiger partial charge in [-0.15, -0.1) is 0 Å². The van der Waals surface area contributed by atoms with Gasteiger partial charge in [0.15, 0.2) is 0 Å². The summed E-state index contributed by atoms with van der Waals surface area (Å²) in [6, 6.07) is 4.24. The van der Waals surface area contributed by atoms with Crippen LogP contribution in [0, 0.1) is 5.41 Å². The van der Waals surface area contributed by atoms with Gasteiger partial charge < -0.3 is 15.6 Å². The molecule has 8 heteroatoms. The number of anilines is 1. The summed E-state index contributed by atoms with van der Waals surface area (Å²) in [5, 5.41) is 1.01. The van der Waals surface area contributed by atoms with Gasteiger partial charge in [-0.1, -0.05) is 18.2 Å². The number of aromatic nitrogens is 4. The lowest BCUT2D eigenvalue weighted by molar-refractivity contribution is 0.196. The maximum Gasteiger partial charge on any atom is 0.268 e. The number of H-pyrrole nitrogens is 1. The molecule has 1 saturated carbocycles. The molecule has 2 fully saturated rings. The zero-order valence-corrected chi connectivity index (χ0v) is 17.4. The third-order valence-electron chi connectivity index (χ3n) is 6.77. The van der Waals surface area contributed by atoms with Crippen LogP contribution in [0.15, 0.2) is 45.3 Å². The van der Waals surface area contributed by atoms with Gasteiger partial charge in [-0.3, -0.25) is 9.36 Å². The minimum absolute atomic E-state index is 0.0154. The molecule has 1 atom stereocenters. The van der Waals surface area contributed by atoms with Crippen LogP contribution in [0.25, 0.3) is 11.0 Å². The largest absolute Gasteiger partial charge is 0.346 e. The van der Waals surface area contributed by atoms with Crippen LogP contribution in [0.4, 0.5) is 5.95 Å². The Morgan fingerprint density at radius 3 is 2.79 bits per heavy atom. The lowest BCUT2D eigenvalue weighted by Gasteiger charge is -2.42. The summed E-state index contributed by atoms with van der Waals surface area (Å²) in [6.07, 6.45) is 11.1. The maximum atomic E-state index is 13.0. The molecule has 7 nitrogen and oxygen atoms in total. The van der Waals surface area contributed by atoms with Crippen molar-refractivity contribution in [2.24, 2.45) is 18.2 Å². The van der Waals surface area contributed by atoms with Gasteiger partial charge in [-0.05, 0) is 43.2 Å². The topological polar surface area (TPSA) is 92.8 Å². The van der Waals surface area contributed by atoms with E-state index in [0.717, 1.165) is 54.2 Å². The van der Waals surface area contributed by atoms with Crippen LogP contribution in [0.2, 0.25) is 0 Å². The van der Waals surface area contributed by atoms with Crippen LogP contribution in [0.3, 0.4) is 0 Å². The quantitative estimate of drug-likeness (QED) is 0.690. The van der Waals surface area contributed by atoms with Crippen molar-refractivity contribution in [2.45, 2.75) is 47.9 Å². The number of nitrogens with two attached hydrogens (primary N) is 1. The molecule has 0 radical (unpaired) electrons. The summed E-state index contributed by atoms with van der Waals surface area (Å²) in [5.41, 5.74) is 7.52. The van der Waals surface area contributed by atoms with Crippen LogP contribution in [-0.2, 0) is 7.05 Å². The molecule has 2 aliphatic rings. The number of nitrogens with one attached hydrogen (secondary N) is 1. The summed E-state index contributed by atoms with van der Waals surface area (Å²) >= 11 is 1.44. The molecule has 4 heterocycles. The van der Waals surface area contributed by atoms with E-state index in [9.17, 15) is 4.79 Å². The number of hydrogen-bond donors (Lipinski definition) is 2. The highest BCUT2D eigenvalue weighted by Crippen LogP contribution is 2.45. The highest BCUT2D eigenvalue weighted by Gasteiger charge is 2.43. The predicted octanol–water partition coefficient (Wildman–Crippen LogP) is 2.91. The van der Waals surface area contributed by atoms with Crippen molar-refractivity contribution in [3.8, 4) is 0 Å². The molecule has 3 N–H and O–H groups in total. The van der Waals surface area contributed by atoms with E-state index >= 15 is 0 Å². The van der Waals surface area contributed by atoms with Crippen molar-refractivity contribution in [1.82, 2.24) is 19.5 Å². The maximum absolute atomic E-state index is 13.0. The van der Waals surface area contributed by atoms with Gasteiger partial charge in [-0.25, -0.2) is 9.97 Å². The third-order valence-corrected chi connectivity index (χ3v) is 7.85. The average Bonchev–Trinajstić information content (AvgIpc) is 3.35. The summed E-state index contributed by atoms with van der Waals surface area (Å²) in [6.45, 7) is 1.82. The molecule has 1 saturated heterocycles. The molecule has 0 amide bonds. The van der Waals surface area contributed by atoms with Gasteiger partial charge in [0.05, 0.1) is 11.1 Å². The minimum Gasteiger partial charge on any atom is -0.346 e. The van der Waals surface area contributed by atoms with E-state index in [1.807, 2.05) is 25.4 Å². The fourth-order valence-electron chi connectivity index (χ4n) is 4.96. The monoisotopic (exact) mass is 410 g/mol. The molecule has 3 aromatic heterocycles. The first-order valence-corrected chi connectivity index (χ1v) is 11.1. The Bertz CT molecular complexity index is 1100. The number of fused-ring (bicyclic) bond motifs is 1.